The Morgan fingerprint density at radius 2 is 1.75 bits per heavy atom. The molecule has 5 nitrogen and oxygen atoms in total. The Kier molecular flexibility index (Phi) is 7.08. The van der Waals surface area contributed by atoms with Gasteiger partial charge in [-0.15, -0.1) is 0 Å². The average Bonchev–Trinajstić information content (AvgIpc) is 2.61. The third kappa shape index (κ3) is 5.91. The van der Waals surface area contributed by atoms with Crippen molar-refractivity contribution in [3.8, 4) is 11.5 Å². The van der Waals surface area contributed by atoms with Gasteiger partial charge in [0.2, 0.25) is 0 Å². The van der Waals surface area contributed by atoms with Gasteiger partial charge in [-0.3, -0.25) is 0 Å². The first-order valence-electron chi connectivity index (χ1n) is 8.23. The number of rotatable bonds is 10. The molecule has 0 spiro atoms. The van der Waals surface area contributed by atoms with Gasteiger partial charge in [-0.1, -0.05) is 38.3 Å². The summed E-state index contributed by atoms with van der Waals surface area (Å²) in [5.41, 5.74) is 1.01. The van der Waals surface area contributed by atoms with Crippen LogP contribution in [0.3, 0.4) is 0 Å². The molecule has 0 aliphatic heterocycles. The van der Waals surface area contributed by atoms with Crippen molar-refractivity contribution in [3.05, 3.63) is 53.9 Å². The lowest BCUT2D eigenvalue weighted by Gasteiger charge is -2.08. The highest BCUT2D eigenvalue weighted by atomic mass is 16.5. The van der Waals surface area contributed by atoms with Gasteiger partial charge in [0, 0.05) is 0 Å². The molecule has 0 amide bonds. The van der Waals surface area contributed by atoms with E-state index < -0.39 is 5.97 Å². The molecular formula is C19H23NO4. The molecule has 1 heterocycles. The molecule has 2 rings (SSSR count). The van der Waals surface area contributed by atoms with E-state index >= 15 is 0 Å². The quantitative estimate of drug-likeness (QED) is 0.658. The first-order valence-corrected chi connectivity index (χ1v) is 8.23. The number of aromatic carboxylic acids is 1. The number of ether oxygens (including phenoxy) is 2. The van der Waals surface area contributed by atoms with E-state index in [4.69, 9.17) is 14.6 Å². The Hall–Kier alpha value is -2.56. The SMILES string of the molecule is CCCCCCOc1ccc(COc2ccc(C(=O)O)nc2)cc1. The molecule has 128 valence electrons. The van der Waals surface area contributed by atoms with Crippen molar-refractivity contribution in [2.45, 2.75) is 39.2 Å². The second-order valence-corrected chi connectivity index (χ2v) is 5.53. The van der Waals surface area contributed by atoms with Crippen LogP contribution in [0.2, 0.25) is 0 Å². The van der Waals surface area contributed by atoms with E-state index in [1.807, 2.05) is 24.3 Å². The van der Waals surface area contributed by atoms with Crippen LogP contribution in [0.5, 0.6) is 11.5 Å². The predicted octanol–water partition coefficient (Wildman–Crippen LogP) is 4.32. The zero-order valence-electron chi connectivity index (χ0n) is 13.9. The molecule has 0 radical (unpaired) electrons. The van der Waals surface area contributed by atoms with Crippen LogP contribution >= 0.6 is 0 Å². The van der Waals surface area contributed by atoms with Gasteiger partial charge < -0.3 is 14.6 Å². The van der Waals surface area contributed by atoms with Crippen LogP contribution in [0, 0.1) is 0 Å². The number of nitrogens with zero attached hydrogens (tertiary/aromatic N) is 1. The molecule has 0 unspecified atom stereocenters. The lowest BCUT2D eigenvalue weighted by Crippen LogP contribution is -2.01. The summed E-state index contributed by atoms with van der Waals surface area (Å²) in [5.74, 6) is 0.353. The van der Waals surface area contributed by atoms with Crippen molar-refractivity contribution in [3.63, 3.8) is 0 Å². The highest BCUT2D eigenvalue weighted by Crippen LogP contribution is 2.16. The van der Waals surface area contributed by atoms with E-state index in [2.05, 4.69) is 11.9 Å². The zero-order valence-corrected chi connectivity index (χ0v) is 13.9. The Balaban J connectivity index is 1.76. The van der Waals surface area contributed by atoms with Gasteiger partial charge in [-0.2, -0.15) is 0 Å². The van der Waals surface area contributed by atoms with E-state index in [9.17, 15) is 4.79 Å². The van der Waals surface area contributed by atoms with Gasteiger partial charge in [0.05, 0.1) is 12.8 Å². The second kappa shape index (κ2) is 9.55. The van der Waals surface area contributed by atoms with Gasteiger partial charge in [-0.25, -0.2) is 9.78 Å². The van der Waals surface area contributed by atoms with E-state index in [0.29, 0.717) is 12.4 Å². The summed E-state index contributed by atoms with van der Waals surface area (Å²) >= 11 is 0. The van der Waals surface area contributed by atoms with Gasteiger partial charge >= 0.3 is 5.97 Å². The maximum absolute atomic E-state index is 10.7. The van der Waals surface area contributed by atoms with Crippen molar-refractivity contribution in [1.29, 1.82) is 0 Å². The van der Waals surface area contributed by atoms with Crippen LogP contribution in [-0.2, 0) is 6.61 Å². The molecule has 1 aromatic carbocycles. The Labute approximate surface area is 142 Å². The smallest absolute Gasteiger partial charge is 0.354 e. The second-order valence-electron chi connectivity index (χ2n) is 5.53. The predicted molar refractivity (Wildman–Crippen MR) is 91.6 cm³/mol. The summed E-state index contributed by atoms with van der Waals surface area (Å²) in [6.45, 7) is 3.33. The fraction of sp³-hybridized carbons (Fsp3) is 0.368. The molecule has 5 heteroatoms. The van der Waals surface area contributed by atoms with Crippen molar-refractivity contribution >= 4 is 5.97 Å². The molecule has 24 heavy (non-hydrogen) atoms. The Bertz CT molecular complexity index is 623. The highest BCUT2D eigenvalue weighted by molar-refractivity contribution is 5.85. The standard InChI is InChI=1S/C19H23NO4/c1-2-3-4-5-12-23-16-8-6-15(7-9-16)14-24-17-10-11-18(19(21)22)20-13-17/h6-11,13H,2-5,12,14H2,1H3,(H,21,22). The summed E-state index contributed by atoms with van der Waals surface area (Å²) in [4.78, 5) is 14.6. The normalized spacial score (nSPS) is 10.4. The number of benzene rings is 1. The first-order chi connectivity index (χ1) is 11.7. The molecule has 1 aromatic heterocycles. The number of pyridine rings is 1. The molecule has 1 N–H and O–H groups in total. The van der Waals surface area contributed by atoms with Crippen LogP contribution in [-0.4, -0.2) is 22.7 Å². The van der Waals surface area contributed by atoms with Gasteiger partial charge in [0.1, 0.15) is 23.8 Å². The van der Waals surface area contributed by atoms with E-state index in [1.54, 1.807) is 6.07 Å². The molecule has 0 fully saturated rings. The van der Waals surface area contributed by atoms with E-state index in [1.165, 1.54) is 31.5 Å². The topological polar surface area (TPSA) is 68.7 Å². The molecule has 0 bridgehead atoms. The first kappa shape index (κ1) is 17.8. The molecule has 0 aliphatic carbocycles. The number of carboxylic acids is 1. The van der Waals surface area contributed by atoms with Crippen molar-refractivity contribution in [2.24, 2.45) is 0 Å². The van der Waals surface area contributed by atoms with Gasteiger partial charge in [0.15, 0.2) is 0 Å². The summed E-state index contributed by atoms with van der Waals surface area (Å²) in [7, 11) is 0. The van der Waals surface area contributed by atoms with Crippen LogP contribution in [0.15, 0.2) is 42.6 Å². The Morgan fingerprint density at radius 1 is 1.00 bits per heavy atom. The number of hydrogen-bond acceptors (Lipinski definition) is 4. The minimum absolute atomic E-state index is 0.00258. The third-order valence-corrected chi connectivity index (χ3v) is 3.55. The number of carbonyl (C=O) groups is 1. The van der Waals surface area contributed by atoms with Crippen LogP contribution in [0.1, 0.15) is 48.7 Å². The molecule has 0 saturated carbocycles. The van der Waals surface area contributed by atoms with Gasteiger partial charge in [-0.05, 0) is 36.2 Å². The Morgan fingerprint density at radius 3 is 2.38 bits per heavy atom. The largest absolute Gasteiger partial charge is 0.494 e. The summed E-state index contributed by atoms with van der Waals surface area (Å²) in [6, 6.07) is 10.8. The van der Waals surface area contributed by atoms with Crippen LogP contribution < -0.4 is 9.47 Å². The fourth-order valence-corrected chi connectivity index (χ4v) is 2.16. The minimum Gasteiger partial charge on any atom is -0.494 e. The van der Waals surface area contributed by atoms with Crippen molar-refractivity contribution < 1.29 is 19.4 Å². The molecule has 0 saturated heterocycles. The molecule has 0 aliphatic rings. The van der Waals surface area contributed by atoms with E-state index in [-0.39, 0.29) is 5.69 Å². The number of hydrogen-bond donors (Lipinski definition) is 1. The third-order valence-electron chi connectivity index (χ3n) is 3.55. The molecule has 2 aromatic rings. The summed E-state index contributed by atoms with van der Waals surface area (Å²) in [6.07, 6.45) is 6.18. The number of carboxylic acid groups (broad SMARTS) is 1. The van der Waals surface area contributed by atoms with E-state index in [0.717, 1.165) is 24.3 Å². The van der Waals surface area contributed by atoms with Crippen molar-refractivity contribution in [1.82, 2.24) is 4.98 Å². The summed E-state index contributed by atoms with van der Waals surface area (Å²) < 4.78 is 11.3. The fourth-order valence-electron chi connectivity index (χ4n) is 2.16. The average molecular weight is 329 g/mol. The maximum Gasteiger partial charge on any atom is 0.354 e. The summed E-state index contributed by atoms with van der Waals surface area (Å²) in [5, 5.41) is 8.80. The monoisotopic (exact) mass is 329 g/mol. The van der Waals surface area contributed by atoms with Crippen LogP contribution in [0.4, 0.5) is 0 Å². The zero-order chi connectivity index (χ0) is 17.2. The van der Waals surface area contributed by atoms with Crippen molar-refractivity contribution in [2.75, 3.05) is 6.61 Å². The number of aromatic nitrogens is 1. The molecular weight excluding hydrogens is 306 g/mol. The minimum atomic E-state index is -1.05. The van der Waals surface area contributed by atoms with Gasteiger partial charge in [0.25, 0.3) is 0 Å². The maximum atomic E-state index is 10.7. The highest BCUT2D eigenvalue weighted by Gasteiger charge is 2.04. The van der Waals surface area contributed by atoms with Crippen LogP contribution in [0.25, 0.3) is 0 Å². The number of unbranched alkanes of at least 4 members (excludes halogenated alkanes) is 3. The molecule has 0 atom stereocenters. The lowest BCUT2D eigenvalue weighted by atomic mass is 10.2. The lowest BCUT2D eigenvalue weighted by molar-refractivity contribution is 0.0690.